The van der Waals surface area contributed by atoms with Crippen LogP contribution in [0.15, 0.2) is 121 Å². The number of ether oxygens (including phenoxy) is 4. The molecule has 13 rings (SSSR count). The van der Waals surface area contributed by atoms with Gasteiger partial charge in [0, 0.05) is 44.3 Å². The number of fused-ring (bicyclic) bond motifs is 8. The maximum atomic E-state index is 6.49. The lowest BCUT2D eigenvalue weighted by Crippen LogP contribution is -2.50. The number of rotatable bonds is 20. The summed E-state index contributed by atoms with van der Waals surface area (Å²) in [6.45, 7) is 16.6. The van der Waals surface area contributed by atoms with Crippen molar-refractivity contribution in [1.29, 1.82) is 0 Å². The van der Waals surface area contributed by atoms with Gasteiger partial charge in [-0.15, -0.1) is 0 Å². The molecule has 7 aromatic rings. The predicted molar refractivity (Wildman–Crippen MR) is 361 cm³/mol. The first-order chi connectivity index (χ1) is 42.9. The minimum absolute atomic E-state index is 0.687. The number of quaternary nitrogens is 4. The number of likely N-dealkylation sites (tertiary alicyclic amines) is 4. The normalized spacial score (nSPS) is 18.4. The number of aromatic nitrogens is 4. The largest absolute Gasteiger partial charge is 0.488 e. The molecule has 88 heavy (non-hydrogen) atoms. The van der Waals surface area contributed by atoms with E-state index in [0.717, 1.165) is 156 Å². The van der Waals surface area contributed by atoms with Gasteiger partial charge in [0.2, 0.25) is 0 Å². The van der Waals surface area contributed by atoms with E-state index in [1.165, 1.54) is 129 Å². The van der Waals surface area contributed by atoms with Gasteiger partial charge in [-0.2, -0.15) is 0 Å². The Morgan fingerprint density at radius 1 is 0.284 bits per heavy atom. The summed E-state index contributed by atoms with van der Waals surface area (Å²) in [6, 6.07) is 43.4. The van der Waals surface area contributed by atoms with Gasteiger partial charge in [0.05, 0.1) is 103 Å². The highest BCUT2D eigenvalue weighted by Crippen LogP contribution is 2.40. The first-order valence-electron chi connectivity index (χ1n) is 33.4. The Balaban J connectivity index is 0.931. The molecule has 0 saturated carbocycles. The van der Waals surface area contributed by atoms with Gasteiger partial charge in [0.1, 0.15) is 75.6 Å². The van der Waals surface area contributed by atoms with E-state index < -0.39 is 0 Å². The van der Waals surface area contributed by atoms with Crippen LogP contribution in [0.2, 0.25) is 0 Å². The molecule has 12 nitrogen and oxygen atoms in total. The molecule has 0 amide bonds. The molecule has 4 fully saturated rings. The van der Waals surface area contributed by atoms with Gasteiger partial charge in [-0.05, 0) is 196 Å². The third-order valence-corrected chi connectivity index (χ3v) is 20.5. The van der Waals surface area contributed by atoms with E-state index in [2.05, 4.69) is 184 Å². The number of nitrogens with one attached hydrogen (secondary N) is 2. The number of hydrogen-bond acceptors (Lipinski definition) is 6. The number of hydrogen-bond donors (Lipinski definition) is 2. The standard InChI is InChI=1S/C76H94N8O4/c1-81(41-9-5-10-42-81)49-53-85-61-25-17-57(18-26-61)73-65-33-35-67(77-65)74(58-19-27-62(28-20-58)86-54-50-82(2)43-11-6-12-44-82)69-37-39-71(79-69)76(60-23-31-64(32-24-60)88-56-52-84(4)47-15-8-16-48-84)72-40-38-70(80-72)75(68-36-34-66(73)78-68)59-21-29-63(30-22-59)87-55-51-83(3)45-13-7-14-46-83/h17-40,77,80H,5-16,41-56H2,1-4H3/q+4. The number of likely N-dealkylation sites (N-methyl/N-ethyl adjacent to an activating group) is 4. The Morgan fingerprint density at radius 2 is 0.489 bits per heavy atom. The van der Waals surface area contributed by atoms with Crippen molar-refractivity contribution in [3.05, 3.63) is 144 Å². The molecule has 0 unspecified atom stereocenters. The summed E-state index contributed by atoms with van der Waals surface area (Å²) in [4.78, 5) is 19.3. The minimum atomic E-state index is 0.687. The van der Waals surface area contributed by atoms with Crippen LogP contribution in [0.1, 0.15) is 99.8 Å². The second-order valence-corrected chi connectivity index (χ2v) is 27.4. The third-order valence-electron chi connectivity index (χ3n) is 20.5. The summed E-state index contributed by atoms with van der Waals surface area (Å²) in [5.74, 6) is 3.50. The highest BCUT2D eigenvalue weighted by Gasteiger charge is 2.29. The van der Waals surface area contributed by atoms with E-state index in [1.54, 1.807) is 0 Å². The zero-order valence-electron chi connectivity index (χ0n) is 53.0. The van der Waals surface area contributed by atoms with E-state index in [9.17, 15) is 0 Å². The van der Waals surface area contributed by atoms with E-state index in [4.69, 9.17) is 28.9 Å². The van der Waals surface area contributed by atoms with Crippen LogP contribution < -0.4 is 18.9 Å². The summed E-state index contributed by atoms with van der Waals surface area (Å²) in [6.07, 6.45) is 24.4. The molecule has 458 valence electrons. The van der Waals surface area contributed by atoms with Crippen molar-refractivity contribution in [1.82, 2.24) is 19.9 Å². The van der Waals surface area contributed by atoms with Crippen LogP contribution >= 0.6 is 0 Å². The van der Waals surface area contributed by atoms with Gasteiger partial charge in [-0.1, -0.05) is 48.5 Å². The monoisotopic (exact) mass is 1180 g/mol. The highest BCUT2D eigenvalue weighted by molar-refractivity contribution is 6.00. The molecular weight excluding hydrogens is 1090 g/mol. The molecule has 6 aliphatic heterocycles. The highest BCUT2D eigenvalue weighted by atomic mass is 16.5. The molecule has 0 radical (unpaired) electrons. The Morgan fingerprint density at radius 3 is 0.693 bits per heavy atom. The zero-order valence-corrected chi connectivity index (χ0v) is 53.0. The van der Waals surface area contributed by atoms with Crippen LogP contribution in [-0.2, 0) is 0 Å². The Bertz CT molecular complexity index is 3280. The SMILES string of the molecule is C[N+]1(CCOc2ccc(-c3c4nc(c(-c5ccc(OCC[N+]6(C)CCCCC6)cc5)c5ccc([nH]5)c(-c5ccc(OCC[N+]6(C)CCCCC6)cc5)c5nc(c(-c6ccc(OCC[N+]7(C)CCCCC7)cc6)c6ccc3[nH]6)C=C5)C=C4)cc2)CCCCC1. The van der Waals surface area contributed by atoms with Crippen molar-refractivity contribution in [2.75, 3.05) is 133 Å². The lowest BCUT2D eigenvalue weighted by atomic mass is 10.0. The predicted octanol–water partition coefficient (Wildman–Crippen LogP) is 15.4. The molecule has 0 spiro atoms. The Hall–Kier alpha value is -7.48. The van der Waals surface area contributed by atoms with Crippen LogP contribution in [0.5, 0.6) is 23.0 Å². The Kier molecular flexibility index (Phi) is 17.8. The number of piperidine rings is 4. The molecule has 0 aliphatic carbocycles. The lowest BCUT2D eigenvalue weighted by Gasteiger charge is -2.37. The number of aromatic amines is 2. The third kappa shape index (κ3) is 13.9. The quantitative estimate of drug-likeness (QED) is 0.0739. The first kappa shape index (κ1) is 59.5. The number of H-pyrrole nitrogens is 2. The lowest BCUT2D eigenvalue weighted by molar-refractivity contribution is -0.914. The van der Waals surface area contributed by atoms with Crippen LogP contribution in [0.25, 0.3) is 90.9 Å². The maximum absolute atomic E-state index is 6.49. The van der Waals surface area contributed by atoms with Crippen molar-refractivity contribution in [2.24, 2.45) is 0 Å². The van der Waals surface area contributed by atoms with Gasteiger partial charge in [-0.3, -0.25) is 0 Å². The van der Waals surface area contributed by atoms with Crippen molar-refractivity contribution < 1.29 is 36.9 Å². The number of benzene rings is 4. The molecule has 12 heteroatoms. The molecule has 4 saturated heterocycles. The maximum Gasteiger partial charge on any atom is 0.137 e. The van der Waals surface area contributed by atoms with Crippen molar-refractivity contribution in [3.63, 3.8) is 0 Å². The molecule has 9 heterocycles. The molecule has 8 bridgehead atoms. The topological polar surface area (TPSA) is 94.3 Å². The smallest absolute Gasteiger partial charge is 0.137 e. The first-order valence-corrected chi connectivity index (χ1v) is 33.4. The molecule has 4 aromatic carbocycles. The van der Waals surface area contributed by atoms with Gasteiger partial charge >= 0.3 is 0 Å². The summed E-state index contributed by atoms with van der Waals surface area (Å²) in [5, 5.41) is 0. The second-order valence-electron chi connectivity index (χ2n) is 27.4. The zero-order chi connectivity index (χ0) is 60.0. The van der Waals surface area contributed by atoms with Gasteiger partial charge in [0.15, 0.2) is 0 Å². The molecule has 3 aromatic heterocycles. The van der Waals surface area contributed by atoms with Crippen molar-refractivity contribution >= 4 is 46.4 Å². The van der Waals surface area contributed by atoms with Gasteiger partial charge in [0.25, 0.3) is 0 Å². The van der Waals surface area contributed by atoms with Crippen LogP contribution in [0.4, 0.5) is 0 Å². The average Bonchev–Trinajstić information content (AvgIpc) is 1.98. The molecular formula is C76H94N8O4+4. The van der Waals surface area contributed by atoms with Gasteiger partial charge in [-0.25, -0.2) is 9.97 Å². The summed E-state index contributed by atoms with van der Waals surface area (Å²) in [7, 11) is 9.53. The van der Waals surface area contributed by atoms with E-state index in [0.29, 0.717) is 26.4 Å². The minimum Gasteiger partial charge on any atom is -0.488 e. The summed E-state index contributed by atoms with van der Waals surface area (Å²) < 4.78 is 30.3. The van der Waals surface area contributed by atoms with Crippen LogP contribution in [0.3, 0.4) is 0 Å². The molecule has 6 aliphatic rings. The molecule has 0 atom stereocenters. The fourth-order valence-corrected chi connectivity index (χ4v) is 14.8. The Labute approximate surface area is 522 Å². The van der Waals surface area contributed by atoms with Crippen molar-refractivity contribution in [2.45, 2.75) is 77.0 Å². The fourth-order valence-electron chi connectivity index (χ4n) is 14.8. The van der Waals surface area contributed by atoms with Crippen LogP contribution in [-0.4, -0.2) is 171 Å². The second kappa shape index (κ2) is 26.3. The van der Waals surface area contributed by atoms with Crippen LogP contribution in [0, 0.1) is 0 Å². The van der Waals surface area contributed by atoms with Crippen molar-refractivity contribution in [3.8, 4) is 67.5 Å². The summed E-state index contributed by atoms with van der Waals surface area (Å²) in [5.41, 5.74) is 15.4. The van der Waals surface area contributed by atoms with E-state index in [1.807, 2.05) is 0 Å². The number of nitrogens with zero attached hydrogens (tertiary/aromatic N) is 6. The van der Waals surface area contributed by atoms with E-state index >= 15 is 0 Å². The fraction of sp³-hybridized carbons (Fsp3) is 0.421. The molecule has 2 N–H and O–H groups in total. The summed E-state index contributed by atoms with van der Waals surface area (Å²) >= 11 is 0. The average molecular weight is 1180 g/mol. The van der Waals surface area contributed by atoms with Gasteiger partial charge < -0.3 is 46.8 Å². The van der Waals surface area contributed by atoms with E-state index in [-0.39, 0.29) is 0 Å².